The van der Waals surface area contributed by atoms with Crippen LogP contribution in [0.5, 0.6) is 5.75 Å². The number of rotatable bonds is 5. The van der Waals surface area contributed by atoms with Gasteiger partial charge in [0, 0.05) is 21.8 Å². The van der Waals surface area contributed by atoms with E-state index in [9.17, 15) is 4.79 Å². The zero-order valence-electron chi connectivity index (χ0n) is 12.4. The van der Waals surface area contributed by atoms with Gasteiger partial charge >= 0.3 is 0 Å². The molecule has 5 heteroatoms. The molecule has 0 spiro atoms. The second-order valence-electron chi connectivity index (χ2n) is 4.86. The van der Waals surface area contributed by atoms with Crippen molar-refractivity contribution in [3.05, 3.63) is 50.7 Å². The van der Waals surface area contributed by atoms with E-state index in [1.54, 1.807) is 35.4 Å². The number of thiophene rings is 1. The van der Waals surface area contributed by atoms with Gasteiger partial charge in [0.15, 0.2) is 0 Å². The molecule has 0 bridgehead atoms. The van der Waals surface area contributed by atoms with Crippen LogP contribution in [0.3, 0.4) is 0 Å². The lowest BCUT2D eigenvalue weighted by Crippen LogP contribution is -2.31. The summed E-state index contributed by atoms with van der Waals surface area (Å²) in [7, 11) is 1.79. The van der Waals surface area contributed by atoms with Crippen molar-refractivity contribution >= 4 is 28.8 Å². The maximum absolute atomic E-state index is 12.3. The van der Waals surface area contributed by atoms with Crippen molar-refractivity contribution in [2.45, 2.75) is 13.8 Å². The van der Waals surface area contributed by atoms with Crippen LogP contribution in [-0.2, 0) is 0 Å². The highest BCUT2D eigenvalue weighted by atomic mass is 35.5. The molecule has 0 saturated heterocycles. The highest BCUT2D eigenvalue weighted by Gasteiger charge is 2.16. The van der Waals surface area contributed by atoms with Crippen molar-refractivity contribution in [3.63, 3.8) is 0 Å². The van der Waals surface area contributed by atoms with Crippen molar-refractivity contribution < 1.29 is 9.53 Å². The van der Waals surface area contributed by atoms with Crippen LogP contribution in [-0.4, -0.2) is 31.0 Å². The molecule has 0 N–H and O–H groups in total. The Hall–Kier alpha value is -1.52. The highest BCUT2D eigenvalue weighted by Crippen LogP contribution is 2.21. The van der Waals surface area contributed by atoms with Crippen LogP contribution in [0, 0.1) is 13.8 Å². The lowest BCUT2D eigenvalue weighted by atomic mass is 10.2. The average molecular weight is 324 g/mol. The number of aryl methyl sites for hydroxylation is 2. The van der Waals surface area contributed by atoms with Gasteiger partial charge in [-0.15, -0.1) is 11.3 Å². The number of nitrogens with zero attached hydrogens (tertiary/aromatic N) is 1. The van der Waals surface area contributed by atoms with Crippen LogP contribution in [0.25, 0.3) is 0 Å². The third-order valence-electron chi connectivity index (χ3n) is 3.13. The standard InChI is InChI=1S/C16H18ClNO2S/c1-11-10-15(12(2)21-11)16(19)18(3)8-9-20-14-6-4-13(17)5-7-14/h4-7,10H,8-9H2,1-3H3. The molecule has 1 amide bonds. The molecule has 21 heavy (non-hydrogen) atoms. The molecule has 0 radical (unpaired) electrons. The third-order valence-corrected chi connectivity index (χ3v) is 4.35. The molecule has 1 aromatic carbocycles. The smallest absolute Gasteiger partial charge is 0.254 e. The number of likely N-dealkylation sites (N-methyl/N-ethyl adjacent to an activating group) is 1. The Kier molecular flexibility index (Phi) is 5.26. The van der Waals surface area contributed by atoms with Crippen molar-refractivity contribution in [1.82, 2.24) is 4.90 Å². The van der Waals surface area contributed by atoms with E-state index in [0.29, 0.717) is 18.2 Å². The number of hydrogen-bond donors (Lipinski definition) is 0. The quantitative estimate of drug-likeness (QED) is 0.826. The van der Waals surface area contributed by atoms with E-state index in [2.05, 4.69) is 0 Å². The topological polar surface area (TPSA) is 29.5 Å². The predicted molar refractivity (Wildman–Crippen MR) is 87.7 cm³/mol. The van der Waals surface area contributed by atoms with Gasteiger partial charge in [-0.3, -0.25) is 4.79 Å². The van der Waals surface area contributed by atoms with Crippen molar-refractivity contribution in [2.75, 3.05) is 20.2 Å². The number of carbonyl (C=O) groups is 1. The van der Waals surface area contributed by atoms with E-state index < -0.39 is 0 Å². The van der Waals surface area contributed by atoms with Crippen LogP contribution in [0.1, 0.15) is 20.1 Å². The molecule has 2 rings (SSSR count). The Labute approximate surface area is 134 Å². The molecule has 1 heterocycles. The van der Waals surface area contributed by atoms with Crippen LogP contribution in [0.4, 0.5) is 0 Å². The van der Waals surface area contributed by atoms with Gasteiger partial charge in [-0.1, -0.05) is 11.6 Å². The van der Waals surface area contributed by atoms with Crippen LogP contribution in [0.2, 0.25) is 5.02 Å². The van der Waals surface area contributed by atoms with Gasteiger partial charge in [0.05, 0.1) is 12.1 Å². The van der Waals surface area contributed by atoms with E-state index in [1.165, 1.54) is 0 Å². The van der Waals surface area contributed by atoms with Gasteiger partial charge < -0.3 is 9.64 Å². The first-order valence-electron chi connectivity index (χ1n) is 6.68. The Morgan fingerprint density at radius 3 is 2.52 bits per heavy atom. The Bertz CT molecular complexity index is 622. The maximum atomic E-state index is 12.3. The first kappa shape index (κ1) is 15.9. The molecule has 0 atom stereocenters. The Morgan fingerprint density at radius 1 is 1.29 bits per heavy atom. The number of carbonyl (C=O) groups excluding carboxylic acids is 1. The first-order valence-corrected chi connectivity index (χ1v) is 7.87. The summed E-state index contributed by atoms with van der Waals surface area (Å²) in [6.45, 7) is 4.98. The monoisotopic (exact) mass is 323 g/mol. The lowest BCUT2D eigenvalue weighted by molar-refractivity contribution is 0.0773. The number of benzene rings is 1. The molecule has 0 aliphatic rings. The number of hydrogen-bond acceptors (Lipinski definition) is 3. The van der Waals surface area contributed by atoms with E-state index in [0.717, 1.165) is 21.1 Å². The summed E-state index contributed by atoms with van der Waals surface area (Å²) in [4.78, 5) is 16.2. The fourth-order valence-electron chi connectivity index (χ4n) is 1.98. The third kappa shape index (κ3) is 4.22. The second-order valence-corrected chi connectivity index (χ2v) is 6.75. The Balaban J connectivity index is 1.87. The number of amides is 1. The predicted octanol–water partition coefficient (Wildman–Crippen LogP) is 4.17. The minimum atomic E-state index is 0.0385. The molecule has 0 unspecified atom stereocenters. The van der Waals surface area contributed by atoms with E-state index in [-0.39, 0.29) is 5.91 Å². The fourth-order valence-corrected chi connectivity index (χ4v) is 3.02. The van der Waals surface area contributed by atoms with Crippen LogP contribution in [0.15, 0.2) is 30.3 Å². The molecular formula is C16H18ClNO2S. The second kappa shape index (κ2) is 6.96. The van der Waals surface area contributed by atoms with Crippen molar-refractivity contribution in [1.29, 1.82) is 0 Å². The first-order chi connectivity index (χ1) is 9.97. The van der Waals surface area contributed by atoms with Gasteiger partial charge in [-0.2, -0.15) is 0 Å². The van der Waals surface area contributed by atoms with Crippen molar-refractivity contribution in [2.24, 2.45) is 0 Å². The summed E-state index contributed by atoms with van der Waals surface area (Å²) in [5.41, 5.74) is 0.784. The fraction of sp³-hybridized carbons (Fsp3) is 0.312. The van der Waals surface area contributed by atoms with Gasteiger partial charge in [0.1, 0.15) is 12.4 Å². The summed E-state index contributed by atoms with van der Waals surface area (Å²) in [6, 6.07) is 9.14. The molecule has 0 aliphatic heterocycles. The highest BCUT2D eigenvalue weighted by molar-refractivity contribution is 7.12. The summed E-state index contributed by atoms with van der Waals surface area (Å²) < 4.78 is 5.60. The molecule has 0 aliphatic carbocycles. The molecular weight excluding hydrogens is 306 g/mol. The van der Waals surface area contributed by atoms with Gasteiger partial charge in [0.2, 0.25) is 0 Å². The molecule has 3 nitrogen and oxygen atoms in total. The molecule has 112 valence electrons. The van der Waals surface area contributed by atoms with Gasteiger partial charge in [-0.25, -0.2) is 0 Å². The maximum Gasteiger partial charge on any atom is 0.254 e. The summed E-state index contributed by atoms with van der Waals surface area (Å²) in [6.07, 6.45) is 0. The van der Waals surface area contributed by atoms with Gasteiger partial charge in [-0.05, 0) is 44.2 Å². The SMILES string of the molecule is Cc1cc(C(=O)N(C)CCOc2ccc(Cl)cc2)c(C)s1. The van der Waals surface area contributed by atoms with E-state index in [4.69, 9.17) is 16.3 Å². The van der Waals surface area contributed by atoms with Gasteiger partial charge in [0.25, 0.3) is 5.91 Å². The minimum Gasteiger partial charge on any atom is -0.492 e. The van der Waals surface area contributed by atoms with Crippen LogP contribution < -0.4 is 4.74 Å². The van der Waals surface area contributed by atoms with Crippen molar-refractivity contribution in [3.8, 4) is 5.75 Å². The van der Waals surface area contributed by atoms with E-state index >= 15 is 0 Å². The zero-order chi connectivity index (χ0) is 15.4. The average Bonchev–Trinajstić information content (AvgIpc) is 2.79. The molecule has 0 fully saturated rings. The number of ether oxygens (including phenoxy) is 1. The normalized spacial score (nSPS) is 10.5. The Morgan fingerprint density at radius 2 is 1.95 bits per heavy atom. The molecule has 2 aromatic rings. The summed E-state index contributed by atoms with van der Waals surface area (Å²) >= 11 is 7.46. The molecule has 1 aromatic heterocycles. The lowest BCUT2D eigenvalue weighted by Gasteiger charge is -2.17. The summed E-state index contributed by atoms with van der Waals surface area (Å²) in [5, 5.41) is 0.679. The van der Waals surface area contributed by atoms with E-state index in [1.807, 2.05) is 32.0 Å². The molecule has 0 saturated carbocycles. The zero-order valence-corrected chi connectivity index (χ0v) is 13.9. The minimum absolute atomic E-state index is 0.0385. The van der Waals surface area contributed by atoms with Crippen LogP contribution >= 0.6 is 22.9 Å². The largest absolute Gasteiger partial charge is 0.492 e. The summed E-state index contributed by atoms with van der Waals surface area (Å²) in [5.74, 6) is 0.791. The number of halogens is 1.